The van der Waals surface area contributed by atoms with E-state index in [1.165, 1.54) is 19.3 Å². The van der Waals surface area contributed by atoms with Crippen LogP contribution in [0.3, 0.4) is 0 Å². The summed E-state index contributed by atoms with van der Waals surface area (Å²) >= 11 is 0. The van der Waals surface area contributed by atoms with E-state index in [9.17, 15) is 9.90 Å². The topological polar surface area (TPSA) is 55.8 Å². The minimum atomic E-state index is -1.25. The van der Waals surface area contributed by atoms with E-state index in [0.29, 0.717) is 13.0 Å². The summed E-state index contributed by atoms with van der Waals surface area (Å²) in [6.07, 6.45) is 7.36. The number of rotatable bonds is 6. The molecule has 0 aliphatic carbocycles. The van der Waals surface area contributed by atoms with Gasteiger partial charge < -0.3 is 15.3 Å². The van der Waals surface area contributed by atoms with Gasteiger partial charge in [0.1, 0.15) is 5.60 Å². The van der Waals surface area contributed by atoms with Gasteiger partial charge in [-0.3, -0.25) is 9.69 Å². The summed E-state index contributed by atoms with van der Waals surface area (Å²) in [5.74, 6) is -0.213. The fraction of sp³-hybridized carbons (Fsp3) is 0.944. The fourth-order valence-electron chi connectivity index (χ4n) is 4.04. The molecule has 2 heterocycles. The molecule has 2 rings (SSSR count). The first kappa shape index (κ1) is 18.7. The van der Waals surface area contributed by atoms with Crippen LogP contribution in [0.15, 0.2) is 0 Å². The molecule has 0 bridgehead atoms. The van der Waals surface area contributed by atoms with Crippen molar-refractivity contribution in [3.8, 4) is 0 Å². The Kier molecular flexibility index (Phi) is 6.46. The summed E-state index contributed by atoms with van der Waals surface area (Å²) in [5.41, 5.74) is -1.17. The minimum Gasteiger partial charge on any atom is -0.380 e. The normalized spacial score (nSPS) is 25.7. The smallest absolute Gasteiger partial charge is 0.251 e. The van der Waals surface area contributed by atoms with Crippen LogP contribution in [0, 0.1) is 0 Å². The molecule has 0 aromatic carbocycles. The molecule has 1 unspecified atom stereocenters. The summed E-state index contributed by atoms with van der Waals surface area (Å²) in [6, 6.07) is 0. The first-order valence-electron chi connectivity index (χ1n) is 9.34. The Bertz CT molecular complexity index is 384. The van der Waals surface area contributed by atoms with Gasteiger partial charge in [0.25, 0.3) is 5.91 Å². The second kappa shape index (κ2) is 7.95. The van der Waals surface area contributed by atoms with Gasteiger partial charge in [-0.25, -0.2) is 0 Å². The second-order valence-electron chi connectivity index (χ2n) is 7.78. The number of carbonyl (C=O) groups excluding carboxylic acids is 1. The molecule has 2 N–H and O–H groups in total. The zero-order valence-corrected chi connectivity index (χ0v) is 15.2. The largest absolute Gasteiger partial charge is 0.380 e. The van der Waals surface area contributed by atoms with Crippen LogP contribution < -0.4 is 5.32 Å². The molecular weight excluding hydrogens is 290 g/mol. The van der Waals surface area contributed by atoms with Crippen molar-refractivity contribution in [1.82, 2.24) is 15.1 Å². The van der Waals surface area contributed by atoms with E-state index in [1.807, 2.05) is 6.92 Å². The molecule has 0 radical (unpaired) electrons. The Morgan fingerprint density at radius 1 is 1.17 bits per heavy atom. The maximum atomic E-state index is 12.4. The molecule has 2 saturated heterocycles. The molecule has 2 aliphatic heterocycles. The fourth-order valence-corrected chi connectivity index (χ4v) is 4.04. The highest BCUT2D eigenvalue weighted by Crippen LogP contribution is 2.31. The van der Waals surface area contributed by atoms with Crippen LogP contribution in [0.25, 0.3) is 0 Å². The number of carbonyl (C=O) groups is 1. The van der Waals surface area contributed by atoms with Crippen LogP contribution in [0.2, 0.25) is 0 Å². The molecule has 5 heteroatoms. The Morgan fingerprint density at radius 2 is 1.78 bits per heavy atom. The Balaban J connectivity index is 2.01. The lowest BCUT2D eigenvalue weighted by Gasteiger charge is -2.50. The van der Waals surface area contributed by atoms with Crippen LogP contribution in [-0.4, -0.2) is 71.7 Å². The second-order valence-corrected chi connectivity index (χ2v) is 7.78. The van der Waals surface area contributed by atoms with Gasteiger partial charge in [0.05, 0.1) is 0 Å². The van der Waals surface area contributed by atoms with Gasteiger partial charge in [0.15, 0.2) is 0 Å². The number of hydrogen-bond acceptors (Lipinski definition) is 4. The number of nitrogens with zero attached hydrogens (tertiary/aromatic N) is 2. The number of aliphatic hydroxyl groups is 1. The summed E-state index contributed by atoms with van der Waals surface area (Å²) in [5, 5.41) is 13.4. The lowest BCUT2D eigenvalue weighted by Crippen LogP contribution is -2.62. The summed E-state index contributed by atoms with van der Waals surface area (Å²) in [4.78, 5) is 17.4. The maximum absolute atomic E-state index is 12.4. The van der Waals surface area contributed by atoms with E-state index in [2.05, 4.69) is 22.2 Å². The minimum absolute atomic E-state index is 0.0743. The number of likely N-dealkylation sites (tertiary alicyclic amines) is 2. The van der Waals surface area contributed by atoms with Crippen LogP contribution in [0.1, 0.15) is 58.8 Å². The van der Waals surface area contributed by atoms with Crippen molar-refractivity contribution in [2.24, 2.45) is 0 Å². The molecule has 1 amide bonds. The number of nitrogens with one attached hydrogen (secondary N) is 1. The summed E-state index contributed by atoms with van der Waals surface area (Å²) in [7, 11) is 2.17. The highest BCUT2D eigenvalue weighted by atomic mass is 16.3. The summed E-state index contributed by atoms with van der Waals surface area (Å²) < 4.78 is 0. The van der Waals surface area contributed by atoms with Crippen molar-refractivity contribution in [2.45, 2.75) is 69.9 Å². The lowest BCUT2D eigenvalue weighted by molar-refractivity contribution is -0.139. The third-order valence-corrected chi connectivity index (χ3v) is 5.75. The van der Waals surface area contributed by atoms with Gasteiger partial charge in [-0.2, -0.15) is 0 Å². The van der Waals surface area contributed by atoms with E-state index >= 15 is 0 Å². The quantitative estimate of drug-likeness (QED) is 0.779. The lowest BCUT2D eigenvalue weighted by atomic mass is 9.83. The standard InChI is InChI=1S/C18H35N3O2/c1-4-8-17(2,23)16(22)19-15-18(9-13-20(3)14-10-18)21-11-6-5-7-12-21/h23H,4-15H2,1-3H3,(H,19,22). The van der Waals surface area contributed by atoms with Crippen LogP contribution in [0.5, 0.6) is 0 Å². The van der Waals surface area contributed by atoms with Gasteiger partial charge in [0.2, 0.25) is 0 Å². The zero-order valence-electron chi connectivity index (χ0n) is 15.2. The average molecular weight is 325 g/mol. The van der Waals surface area contributed by atoms with Gasteiger partial charge in [-0.1, -0.05) is 19.8 Å². The molecule has 5 nitrogen and oxygen atoms in total. The molecule has 0 saturated carbocycles. The number of piperidine rings is 2. The molecule has 23 heavy (non-hydrogen) atoms. The molecule has 1 atom stereocenters. The van der Waals surface area contributed by atoms with E-state index in [-0.39, 0.29) is 11.4 Å². The first-order chi connectivity index (χ1) is 10.9. The molecule has 134 valence electrons. The third-order valence-electron chi connectivity index (χ3n) is 5.75. The van der Waals surface area contributed by atoms with Crippen molar-refractivity contribution in [2.75, 3.05) is 39.8 Å². The zero-order chi connectivity index (χ0) is 16.9. The molecule has 0 aromatic heterocycles. The first-order valence-corrected chi connectivity index (χ1v) is 9.34. The Labute approximate surface area is 141 Å². The van der Waals surface area contributed by atoms with Crippen LogP contribution in [0.4, 0.5) is 0 Å². The molecule has 0 aromatic rings. The average Bonchev–Trinajstić information content (AvgIpc) is 2.55. The maximum Gasteiger partial charge on any atom is 0.251 e. The van der Waals surface area contributed by atoms with Crippen LogP contribution in [-0.2, 0) is 4.79 Å². The van der Waals surface area contributed by atoms with E-state index in [4.69, 9.17) is 0 Å². The Hall–Kier alpha value is -0.650. The van der Waals surface area contributed by atoms with Crippen molar-refractivity contribution < 1.29 is 9.90 Å². The van der Waals surface area contributed by atoms with Gasteiger partial charge >= 0.3 is 0 Å². The van der Waals surface area contributed by atoms with E-state index in [0.717, 1.165) is 45.4 Å². The van der Waals surface area contributed by atoms with Crippen molar-refractivity contribution >= 4 is 5.91 Å². The number of hydrogen-bond donors (Lipinski definition) is 2. The van der Waals surface area contributed by atoms with Crippen LogP contribution >= 0.6 is 0 Å². The predicted octanol–water partition coefficient (Wildman–Crippen LogP) is 1.60. The van der Waals surface area contributed by atoms with Crippen molar-refractivity contribution in [1.29, 1.82) is 0 Å². The Morgan fingerprint density at radius 3 is 2.35 bits per heavy atom. The summed E-state index contributed by atoms with van der Waals surface area (Å²) in [6.45, 7) is 8.74. The highest BCUT2D eigenvalue weighted by molar-refractivity contribution is 5.84. The molecular formula is C18H35N3O2. The van der Waals surface area contributed by atoms with Crippen molar-refractivity contribution in [3.63, 3.8) is 0 Å². The van der Waals surface area contributed by atoms with Gasteiger partial charge in [0, 0.05) is 12.1 Å². The van der Waals surface area contributed by atoms with Gasteiger partial charge in [-0.05, 0) is 72.3 Å². The molecule has 2 fully saturated rings. The van der Waals surface area contributed by atoms with E-state index < -0.39 is 5.60 Å². The monoisotopic (exact) mass is 325 g/mol. The highest BCUT2D eigenvalue weighted by Gasteiger charge is 2.41. The molecule has 0 spiro atoms. The van der Waals surface area contributed by atoms with E-state index in [1.54, 1.807) is 6.92 Å². The van der Waals surface area contributed by atoms with Gasteiger partial charge in [-0.15, -0.1) is 0 Å². The SMILES string of the molecule is CCCC(C)(O)C(=O)NCC1(N2CCCCC2)CCN(C)CC1. The number of amides is 1. The third kappa shape index (κ3) is 4.68. The van der Waals surface area contributed by atoms with Crippen molar-refractivity contribution in [3.05, 3.63) is 0 Å². The predicted molar refractivity (Wildman–Crippen MR) is 93.4 cm³/mol. The molecule has 2 aliphatic rings.